The summed E-state index contributed by atoms with van der Waals surface area (Å²) >= 11 is 0. The van der Waals surface area contributed by atoms with Crippen LogP contribution < -0.4 is 4.74 Å². The average Bonchev–Trinajstić information content (AvgIpc) is 3.24. The fourth-order valence-corrected chi connectivity index (χ4v) is 2.04. The summed E-state index contributed by atoms with van der Waals surface area (Å²) in [4.78, 5) is 8.21. The van der Waals surface area contributed by atoms with Crippen LogP contribution in [0, 0.1) is 0 Å². The minimum absolute atomic E-state index is 0.397. The molecule has 98 valence electrons. The minimum atomic E-state index is 0.397. The second-order valence-electron chi connectivity index (χ2n) is 5.35. The molecule has 0 radical (unpaired) electrons. The van der Waals surface area contributed by atoms with Crippen molar-refractivity contribution in [2.24, 2.45) is 0 Å². The van der Waals surface area contributed by atoms with E-state index < -0.39 is 0 Å². The molecule has 0 bridgehead atoms. The van der Waals surface area contributed by atoms with E-state index in [9.17, 15) is 0 Å². The van der Waals surface area contributed by atoms with Gasteiger partial charge in [-0.2, -0.15) is 0 Å². The van der Waals surface area contributed by atoms with Gasteiger partial charge < -0.3 is 4.74 Å². The molecule has 0 N–H and O–H groups in total. The fraction of sp³-hybridized carbons (Fsp3) is 0.375. The zero-order valence-electron chi connectivity index (χ0n) is 11.3. The van der Waals surface area contributed by atoms with Crippen LogP contribution in [-0.4, -0.2) is 16.1 Å². The fourth-order valence-electron chi connectivity index (χ4n) is 2.04. The van der Waals surface area contributed by atoms with E-state index in [1.807, 2.05) is 12.4 Å². The van der Waals surface area contributed by atoms with Gasteiger partial charge in [0.25, 0.3) is 0 Å². The third kappa shape index (κ3) is 2.75. The van der Waals surface area contributed by atoms with Crippen molar-refractivity contribution in [2.75, 3.05) is 0 Å². The lowest BCUT2D eigenvalue weighted by atomic mass is 9.98. The van der Waals surface area contributed by atoms with Crippen molar-refractivity contribution in [3.8, 4) is 16.9 Å². The summed E-state index contributed by atoms with van der Waals surface area (Å²) in [7, 11) is 0. The highest BCUT2D eigenvalue weighted by molar-refractivity contribution is 5.70. The highest BCUT2D eigenvalue weighted by atomic mass is 16.5. The largest absolute Gasteiger partial charge is 0.490 e. The van der Waals surface area contributed by atoms with Gasteiger partial charge in [0.1, 0.15) is 12.1 Å². The molecular formula is C16H18N2O. The second-order valence-corrected chi connectivity index (χ2v) is 5.35. The second kappa shape index (κ2) is 5.00. The number of benzene rings is 1. The predicted molar refractivity (Wildman–Crippen MR) is 75.2 cm³/mol. The number of hydrogen-bond acceptors (Lipinski definition) is 3. The van der Waals surface area contributed by atoms with Crippen LogP contribution in [-0.2, 0) is 0 Å². The molecule has 0 saturated heterocycles. The van der Waals surface area contributed by atoms with Crippen LogP contribution >= 0.6 is 0 Å². The molecule has 0 aliphatic heterocycles. The van der Waals surface area contributed by atoms with Gasteiger partial charge in [0, 0.05) is 23.5 Å². The van der Waals surface area contributed by atoms with Gasteiger partial charge in [-0.15, -0.1) is 0 Å². The molecule has 0 spiro atoms. The lowest BCUT2D eigenvalue weighted by Crippen LogP contribution is -1.99. The molecular weight excluding hydrogens is 236 g/mol. The van der Waals surface area contributed by atoms with E-state index in [0.29, 0.717) is 12.0 Å². The van der Waals surface area contributed by atoms with Gasteiger partial charge in [-0.3, -0.25) is 0 Å². The van der Waals surface area contributed by atoms with Crippen molar-refractivity contribution in [3.63, 3.8) is 0 Å². The molecule has 1 aliphatic rings. The standard InChI is InChI=1S/C16H18N2O/c1-11(2)12-3-6-16(19-14-4-5-14)15(7-12)13-8-17-10-18-9-13/h3,6-11,14H,4-5H2,1-2H3. The van der Waals surface area contributed by atoms with Crippen LogP contribution in [0.5, 0.6) is 5.75 Å². The normalized spacial score (nSPS) is 14.7. The molecule has 1 heterocycles. The van der Waals surface area contributed by atoms with Crippen molar-refractivity contribution >= 4 is 0 Å². The van der Waals surface area contributed by atoms with Crippen molar-refractivity contribution < 1.29 is 4.74 Å². The first-order valence-electron chi connectivity index (χ1n) is 6.80. The summed E-state index contributed by atoms with van der Waals surface area (Å²) < 4.78 is 5.99. The summed E-state index contributed by atoms with van der Waals surface area (Å²) in [6, 6.07) is 6.42. The van der Waals surface area contributed by atoms with Crippen LogP contribution in [0.25, 0.3) is 11.1 Å². The summed E-state index contributed by atoms with van der Waals surface area (Å²) in [6.07, 6.45) is 7.96. The van der Waals surface area contributed by atoms with Gasteiger partial charge in [-0.25, -0.2) is 9.97 Å². The maximum absolute atomic E-state index is 5.99. The van der Waals surface area contributed by atoms with Crippen LogP contribution in [0.3, 0.4) is 0 Å². The lowest BCUT2D eigenvalue weighted by molar-refractivity contribution is 0.304. The summed E-state index contributed by atoms with van der Waals surface area (Å²) in [5.41, 5.74) is 3.42. The molecule has 3 heteroatoms. The highest BCUT2D eigenvalue weighted by Gasteiger charge is 2.25. The Morgan fingerprint density at radius 1 is 1.16 bits per heavy atom. The van der Waals surface area contributed by atoms with E-state index in [4.69, 9.17) is 4.74 Å². The number of rotatable bonds is 4. The third-order valence-corrected chi connectivity index (χ3v) is 3.36. The Bertz CT molecular complexity index is 562. The summed E-state index contributed by atoms with van der Waals surface area (Å²) in [6.45, 7) is 4.39. The number of nitrogens with zero attached hydrogens (tertiary/aromatic N) is 2. The third-order valence-electron chi connectivity index (χ3n) is 3.36. The van der Waals surface area contributed by atoms with Crippen LogP contribution in [0.15, 0.2) is 36.9 Å². The Labute approximate surface area is 113 Å². The highest BCUT2D eigenvalue weighted by Crippen LogP contribution is 2.36. The molecule has 1 aliphatic carbocycles. The van der Waals surface area contributed by atoms with Gasteiger partial charge in [-0.05, 0) is 36.5 Å². The monoisotopic (exact) mass is 254 g/mol. The maximum atomic E-state index is 5.99. The van der Waals surface area contributed by atoms with Gasteiger partial charge in [0.05, 0.1) is 6.10 Å². The van der Waals surface area contributed by atoms with E-state index in [1.54, 1.807) is 6.33 Å². The molecule has 2 aromatic rings. The van der Waals surface area contributed by atoms with Gasteiger partial charge >= 0.3 is 0 Å². The Kier molecular flexibility index (Phi) is 3.20. The molecule has 0 atom stereocenters. The number of hydrogen-bond donors (Lipinski definition) is 0. The van der Waals surface area contributed by atoms with E-state index in [0.717, 1.165) is 29.7 Å². The van der Waals surface area contributed by atoms with Gasteiger partial charge in [-0.1, -0.05) is 19.9 Å². The molecule has 3 rings (SSSR count). The zero-order chi connectivity index (χ0) is 13.2. The molecule has 19 heavy (non-hydrogen) atoms. The van der Waals surface area contributed by atoms with E-state index in [1.165, 1.54) is 5.56 Å². The van der Waals surface area contributed by atoms with E-state index >= 15 is 0 Å². The van der Waals surface area contributed by atoms with E-state index in [2.05, 4.69) is 42.0 Å². The molecule has 3 nitrogen and oxygen atoms in total. The predicted octanol–water partition coefficient (Wildman–Crippen LogP) is 3.81. The lowest BCUT2D eigenvalue weighted by Gasteiger charge is -2.14. The zero-order valence-corrected chi connectivity index (χ0v) is 11.3. The number of ether oxygens (including phenoxy) is 1. The molecule has 1 aromatic heterocycles. The van der Waals surface area contributed by atoms with Crippen molar-refractivity contribution in [2.45, 2.75) is 38.7 Å². The molecule has 1 fully saturated rings. The van der Waals surface area contributed by atoms with Crippen LogP contribution in [0.2, 0.25) is 0 Å². The van der Waals surface area contributed by atoms with Crippen molar-refractivity contribution in [1.82, 2.24) is 9.97 Å². The Hall–Kier alpha value is -1.90. The van der Waals surface area contributed by atoms with E-state index in [-0.39, 0.29) is 0 Å². The quantitative estimate of drug-likeness (QED) is 0.832. The maximum Gasteiger partial charge on any atom is 0.127 e. The Balaban J connectivity index is 2.03. The smallest absolute Gasteiger partial charge is 0.127 e. The molecule has 1 aromatic carbocycles. The first-order chi connectivity index (χ1) is 9.24. The first kappa shape index (κ1) is 12.2. The van der Waals surface area contributed by atoms with Crippen LogP contribution in [0.1, 0.15) is 38.2 Å². The summed E-state index contributed by atoms with van der Waals surface area (Å²) in [5.74, 6) is 1.44. The SMILES string of the molecule is CC(C)c1ccc(OC2CC2)c(-c2cncnc2)c1. The first-order valence-corrected chi connectivity index (χ1v) is 6.80. The summed E-state index contributed by atoms with van der Waals surface area (Å²) in [5, 5.41) is 0. The average molecular weight is 254 g/mol. The van der Waals surface area contributed by atoms with Gasteiger partial charge in [0.15, 0.2) is 0 Å². The molecule has 0 amide bonds. The molecule has 0 unspecified atom stereocenters. The number of aromatic nitrogens is 2. The van der Waals surface area contributed by atoms with Crippen molar-refractivity contribution in [3.05, 3.63) is 42.5 Å². The topological polar surface area (TPSA) is 35.0 Å². The van der Waals surface area contributed by atoms with Crippen molar-refractivity contribution in [1.29, 1.82) is 0 Å². The molecule has 1 saturated carbocycles. The van der Waals surface area contributed by atoms with Crippen LogP contribution in [0.4, 0.5) is 0 Å². The Morgan fingerprint density at radius 3 is 2.53 bits per heavy atom. The van der Waals surface area contributed by atoms with Gasteiger partial charge in [0.2, 0.25) is 0 Å². The minimum Gasteiger partial charge on any atom is -0.490 e. The Morgan fingerprint density at radius 2 is 1.89 bits per heavy atom.